The molecule has 2 atom stereocenters. The summed E-state index contributed by atoms with van der Waals surface area (Å²) in [5, 5.41) is 0. The number of rotatable bonds is 13. The Labute approximate surface area is 154 Å². The van der Waals surface area contributed by atoms with E-state index in [-0.39, 0.29) is 0 Å². The molecule has 144 valence electrons. The van der Waals surface area contributed by atoms with Crippen LogP contribution in [0.2, 0.25) is 0 Å². The van der Waals surface area contributed by atoms with Gasteiger partial charge in [-0.15, -0.1) is 0 Å². The van der Waals surface area contributed by atoms with Crippen LogP contribution in [-0.4, -0.2) is 0 Å². The van der Waals surface area contributed by atoms with Crippen LogP contribution in [0, 0.1) is 23.2 Å². The molecule has 0 nitrogen and oxygen atoms in total. The molecule has 0 rings (SSSR count). The van der Waals surface area contributed by atoms with Crippen molar-refractivity contribution in [2.75, 3.05) is 0 Å². The summed E-state index contributed by atoms with van der Waals surface area (Å²) in [5.41, 5.74) is 2.02. The quantitative estimate of drug-likeness (QED) is 0.295. The minimum absolute atomic E-state index is 0.431. The van der Waals surface area contributed by atoms with Crippen LogP contribution >= 0.6 is 0 Å². The standard InChI is InChI=1S/C24H48/c1-20(2)12-9-13-21(3)14-10-15-22(4)16-11-17-23(5)18-19-24(6,7)8/h18,20-22H,9-17,19H2,1-8H3. The van der Waals surface area contributed by atoms with Gasteiger partial charge in [0, 0.05) is 0 Å². The Balaban J connectivity index is 3.67. The molecule has 0 aromatic heterocycles. The Morgan fingerprint density at radius 1 is 0.750 bits per heavy atom. The van der Waals surface area contributed by atoms with Crippen molar-refractivity contribution in [1.29, 1.82) is 0 Å². The molecule has 0 aliphatic heterocycles. The molecule has 0 aliphatic carbocycles. The topological polar surface area (TPSA) is 0 Å². The first-order chi connectivity index (χ1) is 11.1. The Morgan fingerprint density at radius 2 is 1.21 bits per heavy atom. The molecule has 0 aromatic carbocycles. The molecule has 24 heavy (non-hydrogen) atoms. The SMILES string of the molecule is CC(=CCC(C)(C)C)CCCC(C)CCCC(C)CCCC(C)C. The normalized spacial score (nSPS) is 15.8. The molecule has 0 bridgehead atoms. The van der Waals surface area contributed by atoms with Gasteiger partial charge in [-0.3, -0.25) is 0 Å². The van der Waals surface area contributed by atoms with E-state index >= 15 is 0 Å². The number of hydrogen-bond acceptors (Lipinski definition) is 0. The molecule has 0 saturated carbocycles. The third-order valence-corrected chi connectivity index (χ3v) is 5.20. The second-order valence-electron chi connectivity index (χ2n) is 10.2. The molecule has 0 aromatic rings. The summed E-state index contributed by atoms with van der Waals surface area (Å²) in [7, 11) is 0. The van der Waals surface area contributed by atoms with Gasteiger partial charge in [-0.05, 0) is 49.4 Å². The van der Waals surface area contributed by atoms with Crippen LogP contribution in [0.4, 0.5) is 0 Å². The first-order valence-corrected chi connectivity index (χ1v) is 10.8. The van der Waals surface area contributed by atoms with Crippen molar-refractivity contribution in [2.45, 2.75) is 120 Å². The zero-order valence-corrected chi connectivity index (χ0v) is 18.4. The zero-order chi connectivity index (χ0) is 18.6. The van der Waals surface area contributed by atoms with Crippen LogP contribution in [0.1, 0.15) is 120 Å². The average molecular weight is 337 g/mol. The largest absolute Gasteiger partial charge is 0.0851 e. The molecular formula is C24H48. The van der Waals surface area contributed by atoms with Crippen LogP contribution in [0.25, 0.3) is 0 Å². The first kappa shape index (κ1) is 23.7. The molecule has 0 saturated heterocycles. The fourth-order valence-electron chi connectivity index (χ4n) is 3.29. The molecule has 0 heteroatoms. The van der Waals surface area contributed by atoms with Crippen molar-refractivity contribution in [3.63, 3.8) is 0 Å². The van der Waals surface area contributed by atoms with Crippen molar-refractivity contribution >= 4 is 0 Å². The maximum Gasteiger partial charge on any atom is -0.0299 e. The molecule has 2 unspecified atom stereocenters. The Hall–Kier alpha value is -0.260. The van der Waals surface area contributed by atoms with Gasteiger partial charge in [0.15, 0.2) is 0 Å². The van der Waals surface area contributed by atoms with Crippen LogP contribution in [0.3, 0.4) is 0 Å². The van der Waals surface area contributed by atoms with Crippen LogP contribution < -0.4 is 0 Å². The molecule has 0 radical (unpaired) electrons. The van der Waals surface area contributed by atoms with E-state index in [1.54, 1.807) is 5.57 Å². The Bertz CT molecular complexity index is 315. The van der Waals surface area contributed by atoms with Gasteiger partial charge in [-0.25, -0.2) is 0 Å². The highest BCUT2D eigenvalue weighted by Gasteiger charge is 2.08. The van der Waals surface area contributed by atoms with Crippen molar-refractivity contribution in [2.24, 2.45) is 23.2 Å². The zero-order valence-electron chi connectivity index (χ0n) is 18.4. The molecule has 0 aliphatic rings. The monoisotopic (exact) mass is 336 g/mol. The van der Waals surface area contributed by atoms with E-state index in [1.165, 1.54) is 64.2 Å². The maximum atomic E-state index is 2.46. The highest BCUT2D eigenvalue weighted by Crippen LogP contribution is 2.23. The number of allylic oxidation sites excluding steroid dienone is 2. The van der Waals surface area contributed by atoms with Crippen LogP contribution in [0.15, 0.2) is 11.6 Å². The summed E-state index contributed by atoms with van der Waals surface area (Å²) >= 11 is 0. The maximum absolute atomic E-state index is 2.46. The van der Waals surface area contributed by atoms with Crippen molar-refractivity contribution in [3.05, 3.63) is 11.6 Å². The summed E-state index contributed by atoms with van der Waals surface area (Å²) in [6.07, 6.45) is 16.3. The van der Waals surface area contributed by atoms with Crippen LogP contribution in [-0.2, 0) is 0 Å². The van der Waals surface area contributed by atoms with Gasteiger partial charge in [-0.2, -0.15) is 0 Å². The van der Waals surface area contributed by atoms with E-state index in [4.69, 9.17) is 0 Å². The molecule has 0 amide bonds. The molecule has 0 fully saturated rings. The summed E-state index contributed by atoms with van der Waals surface area (Å²) < 4.78 is 0. The van der Waals surface area contributed by atoms with E-state index in [9.17, 15) is 0 Å². The highest BCUT2D eigenvalue weighted by atomic mass is 14.1. The second-order valence-corrected chi connectivity index (χ2v) is 10.2. The minimum Gasteiger partial charge on any atom is -0.0851 e. The van der Waals surface area contributed by atoms with E-state index < -0.39 is 0 Å². The highest BCUT2D eigenvalue weighted by molar-refractivity contribution is 4.99. The lowest BCUT2D eigenvalue weighted by Gasteiger charge is -2.16. The lowest BCUT2D eigenvalue weighted by atomic mass is 9.90. The molecule has 0 spiro atoms. The van der Waals surface area contributed by atoms with Gasteiger partial charge in [0.05, 0.1) is 0 Å². The molecule has 0 heterocycles. The third-order valence-electron chi connectivity index (χ3n) is 5.20. The lowest BCUT2D eigenvalue weighted by Crippen LogP contribution is -2.02. The summed E-state index contributed by atoms with van der Waals surface area (Å²) in [6, 6.07) is 0. The van der Waals surface area contributed by atoms with Gasteiger partial charge < -0.3 is 0 Å². The second kappa shape index (κ2) is 13.0. The summed E-state index contributed by atoms with van der Waals surface area (Å²) in [6.45, 7) is 18.9. The average Bonchev–Trinajstić information content (AvgIpc) is 2.44. The van der Waals surface area contributed by atoms with E-state index in [2.05, 4.69) is 61.5 Å². The summed E-state index contributed by atoms with van der Waals surface area (Å²) in [4.78, 5) is 0. The van der Waals surface area contributed by atoms with Crippen molar-refractivity contribution in [3.8, 4) is 0 Å². The van der Waals surface area contributed by atoms with Crippen LogP contribution in [0.5, 0.6) is 0 Å². The lowest BCUT2D eigenvalue weighted by molar-refractivity contribution is 0.388. The Kier molecular flexibility index (Phi) is 12.9. The van der Waals surface area contributed by atoms with Crippen molar-refractivity contribution < 1.29 is 0 Å². The predicted molar refractivity (Wildman–Crippen MR) is 113 cm³/mol. The smallest absolute Gasteiger partial charge is 0.0299 e. The predicted octanol–water partition coefficient (Wildman–Crippen LogP) is 8.81. The van der Waals surface area contributed by atoms with Gasteiger partial charge in [0.25, 0.3) is 0 Å². The third kappa shape index (κ3) is 16.6. The Morgan fingerprint density at radius 3 is 1.67 bits per heavy atom. The van der Waals surface area contributed by atoms with Gasteiger partial charge >= 0.3 is 0 Å². The summed E-state index contributed by atoms with van der Waals surface area (Å²) in [5.74, 6) is 2.71. The van der Waals surface area contributed by atoms with Gasteiger partial charge in [0.1, 0.15) is 0 Å². The molecule has 0 N–H and O–H groups in total. The molecular weight excluding hydrogens is 288 g/mol. The minimum atomic E-state index is 0.431. The fraction of sp³-hybridized carbons (Fsp3) is 0.917. The van der Waals surface area contributed by atoms with Crippen molar-refractivity contribution in [1.82, 2.24) is 0 Å². The fourth-order valence-corrected chi connectivity index (χ4v) is 3.29. The van der Waals surface area contributed by atoms with Gasteiger partial charge in [0.2, 0.25) is 0 Å². The van der Waals surface area contributed by atoms with Gasteiger partial charge in [-0.1, -0.05) is 105 Å². The number of hydrogen-bond donors (Lipinski definition) is 0. The first-order valence-electron chi connectivity index (χ1n) is 10.8. The van der Waals surface area contributed by atoms with E-state index in [0.717, 1.165) is 17.8 Å². The van der Waals surface area contributed by atoms with E-state index in [0.29, 0.717) is 5.41 Å². The van der Waals surface area contributed by atoms with E-state index in [1.807, 2.05) is 0 Å².